The van der Waals surface area contributed by atoms with Crippen LogP contribution >= 0.6 is 0 Å². The molecule has 1 amide bonds. The van der Waals surface area contributed by atoms with Crippen LogP contribution in [0.25, 0.3) is 11.6 Å². The van der Waals surface area contributed by atoms with Gasteiger partial charge in [-0.25, -0.2) is 0 Å². The third-order valence-electron chi connectivity index (χ3n) is 5.48. The Morgan fingerprint density at radius 1 is 1.20 bits per heavy atom. The fourth-order valence-electron chi connectivity index (χ4n) is 4.08. The van der Waals surface area contributed by atoms with E-state index in [1.54, 1.807) is 6.26 Å². The van der Waals surface area contributed by atoms with Gasteiger partial charge in [0.15, 0.2) is 11.7 Å². The van der Waals surface area contributed by atoms with Crippen LogP contribution in [0.1, 0.15) is 42.2 Å². The first kappa shape index (κ1) is 20.1. The summed E-state index contributed by atoms with van der Waals surface area (Å²) in [6.07, 6.45) is 4.51. The largest absolute Gasteiger partial charge is 0.465 e. The summed E-state index contributed by atoms with van der Waals surface area (Å²) in [7, 11) is 1.43. The van der Waals surface area contributed by atoms with Crippen LogP contribution in [0.4, 0.5) is 5.69 Å². The molecule has 0 spiro atoms. The van der Waals surface area contributed by atoms with Gasteiger partial charge in [0.2, 0.25) is 0 Å². The zero-order valence-electron chi connectivity index (χ0n) is 17.1. The molecule has 0 aliphatic carbocycles. The van der Waals surface area contributed by atoms with E-state index < -0.39 is 11.7 Å². The molecule has 2 unspecified atom stereocenters. The Hall–Kier alpha value is -3.15. The van der Waals surface area contributed by atoms with Gasteiger partial charge in [0.25, 0.3) is 5.91 Å². The minimum absolute atomic E-state index is 0.373. The summed E-state index contributed by atoms with van der Waals surface area (Å²) in [5, 5.41) is 14.7. The van der Waals surface area contributed by atoms with Gasteiger partial charge in [-0.05, 0) is 53.5 Å². The minimum Gasteiger partial charge on any atom is -0.465 e. The molecule has 5 nitrogen and oxygen atoms in total. The van der Waals surface area contributed by atoms with E-state index in [9.17, 15) is 9.90 Å². The second kappa shape index (κ2) is 8.30. The second-order valence-electron chi connectivity index (χ2n) is 7.44. The highest BCUT2D eigenvalue weighted by Gasteiger charge is 2.49. The van der Waals surface area contributed by atoms with Gasteiger partial charge in [0.1, 0.15) is 5.76 Å². The molecule has 1 aliphatic heterocycles. The minimum atomic E-state index is -1.60. The molecule has 0 saturated carbocycles. The topological polar surface area (TPSA) is 71.7 Å². The Kier molecular flexibility index (Phi) is 5.57. The molecule has 0 saturated heterocycles. The molecular formula is C25H25NO4. The number of aliphatic hydroxyl groups is 1. The number of furan rings is 1. The summed E-state index contributed by atoms with van der Waals surface area (Å²) in [6, 6.07) is 18.6. The zero-order chi connectivity index (χ0) is 21.1. The second-order valence-corrected chi connectivity index (χ2v) is 7.44. The van der Waals surface area contributed by atoms with Gasteiger partial charge < -0.3 is 19.6 Å². The summed E-state index contributed by atoms with van der Waals surface area (Å²) < 4.78 is 11.1. The lowest BCUT2D eigenvalue weighted by Crippen LogP contribution is -2.52. The number of carbonyl (C=O) groups is 1. The zero-order valence-corrected chi connectivity index (χ0v) is 17.1. The summed E-state index contributed by atoms with van der Waals surface area (Å²) in [6.45, 7) is 2.12. The highest BCUT2D eigenvalue weighted by Crippen LogP contribution is 2.43. The van der Waals surface area contributed by atoms with Crippen molar-refractivity contribution in [3.8, 4) is 0 Å². The molecule has 30 heavy (non-hydrogen) atoms. The van der Waals surface area contributed by atoms with E-state index in [1.807, 2.05) is 60.7 Å². The highest BCUT2D eigenvalue weighted by molar-refractivity contribution is 6.00. The Bertz CT molecular complexity index is 1060. The Labute approximate surface area is 176 Å². The van der Waals surface area contributed by atoms with E-state index >= 15 is 0 Å². The first-order valence-electron chi connectivity index (χ1n) is 10.1. The van der Waals surface area contributed by atoms with Crippen LogP contribution in [-0.2, 0) is 15.1 Å². The van der Waals surface area contributed by atoms with Crippen LogP contribution in [0.15, 0.2) is 71.3 Å². The first-order valence-corrected chi connectivity index (χ1v) is 10.1. The molecule has 2 N–H and O–H groups in total. The number of carbonyl (C=O) groups excluding carboxylic acids is 1. The van der Waals surface area contributed by atoms with Crippen molar-refractivity contribution >= 4 is 23.2 Å². The first-order chi connectivity index (χ1) is 14.6. The number of rotatable bonds is 6. The van der Waals surface area contributed by atoms with Gasteiger partial charge in [-0.2, -0.15) is 0 Å². The molecule has 2 atom stereocenters. The summed E-state index contributed by atoms with van der Waals surface area (Å²) >= 11 is 0. The number of nitrogens with one attached hydrogen (secondary N) is 1. The van der Waals surface area contributed by atoms with E-state index in [2.05, 4.69) is 18.3 Å². The average molecular weight is 403 g/mol. The van der Waals surface area contributed by atoms with Crippen molar-refractivity contribution in [1.29, 1.82) is 0 Å². The van der Waals surface area contributed by atoms with Gasteiger partial charge in [-0.1, -0.05) is 49.7 Å². The third-order valence-corrected chi connectivity index (χ3v) is 5.48. The Balaban J connectivity index is 1.86. The van der Waals surface area contributed by atoms with Gasteiger partial charge >= 0.3 is 0 Å². The fourth-order valence-corrected chi connectivity index (χ4v) is 4.08. The summed E-state index contributed by atoms with van der Waals surface area (Å²) in [4.78, 5) is 12.7. The molecule has 2 aromatic carbocycles. The molecular weight excluding hydrogens is 378 g/mol. The molecule has 5 heteroatoms. The summed E-state index contributed by atoms with van der Waals surface area (Å²) in [5.41, 5.74) is 2.17. The standard InChI is InChI=1S/C25H25NO4/c1-3-8-18(22-11-7-14-30-22)15-17-12-13-21-20(16-17)25(28,19-9-5-4-6-10-19)23(29-2)24(27)26-21/h4-7,9-16,23,28H,3,8H2,1-2H3,(H,26,27)/b18-15+. The fraction of sp³-hybridized carbons (Fsp3) is 0.240. The van der Waals surface area contributed by atoms with E-state index in [1.165, 1.54) is 7.11 Å². The normalized spacial score (nSPS) is 21.2. The quantitative estimate of drug-likeness (QED) is 0.619. The molecule has 1 aliphatic rings. The molecule has 0 fully saturated rings. The molecule has 154 valence electrons. The van der Waals surface area contributed by atoms with Crippen LogP contribution < -0.4 is 5.32 Å². The average Bonchev–Trinajstić information content (AvgIpc) is 3.30. The van der Waals surface area contributed by atoms with Crippen molar-refractivity contribution in [2.75, 3.05) is 12.4 Å². The number of methoxy groups -OCH3 is 1. The number of hydrogen-bond acceptors (Lipinski definition) is 4. The SMILES string of the molecule is CCC/C(=C\c1ccc2c(c1)C(O)(c1ccccc1)C(OC)C(=O)N2)c1ccco1. The van der Waals surface area contributed by atoms with E-state index in [4.69, 9.17) is 9.15 Å². The maximum absolute atomic E-state index is 12.7. The van der Waals surface area contributed by atoms with Crippen molar-refractivity contribution in [2.45, 2.75) is 31.5 Å². The predicted molar refractivity (Wildman–Crippen MR) is 117 cm³/mol. The van der Waals surface area contributed by atoms with Crippen molar-refractivity contribution in [1.82, 2.24) is 0 Å². The van der Waals surface area contributed by atoms with Crippen molar-refractivity contribution in [3.63, 3.8) is 0 Å². The highest BCUT2D eigenvalue weighted by atomic mass is 16.5. The number of ether oxygens (including phenoxy) is 1. The number of allylic oxidation sites excluding steroid dienone is 1. The lowest BCUT2D eigenvalue weighted by molar-refractivity contribution is -0.142. The van der Waals surface area contributed by atoms with Gasteiger partial charge in [-0.3, -0.25) is 4.79 Å². The van der Waals surface area contributed by atoms with E-state index in [-0.39, 0.29) is 5.91 Å². The maximum Gasteiger partial charge on any atom is 0.257 e. The Morgan fingerprint density at radius 2 is 2.00 bits per heavy atom. The number of fused-ring (bicyclic) bond motifs is 1. The Morgan fingerprint density at radius 3 is 2.67 bits per heavy atom. The lowest BCUT2D eigenvalue weighted by Gasteiger charge is -2.40. The van der Waals surface area contributed by atoms with Crippen LogP contribution in [0, 0.1) is 0 Å². The molecule has 0 radical (unpaired) electrons. The molecule has 3 aromatic rings. The third kappa shape index (κ3) is 3.47. The van der Waals surface area contributed by atoms with Gasteiger partial charge in [0, 0.05) is 18.4 Å². The molecule has 0 bridgehead atoms. The number of anilines is 1. The van der Waals surface area contributed by atoms with E-state index in [0.29, 0.717) is 16.8 Å². The molecule has 2 heterocycles. The van der Waals surface area contributed by atoms with E-state index in [0.717, 1.165) is 29.7 Å². The van der Waals surface area contributed by atoms with Crippen molar-refractivity contribution in [2.24, 2.45) is 0 Å². The van der Waals surface area contributed by atoms with Crippen molar-refractivity contribution in [3.05, 3.63) is 89.4 Å². The monoisotopic (exact) mass is 403 g/mol. The molecule has 1 aromatic heterocycles. The number of amides is 1. The van der Waals surface area contributed by atoms with Gasteiger partial charge in [0.05, 0.1) is 6.26 Å². The molecule has 4 rings (SSSR count). The van der Waals surface area contributed by atoms with Crippen molar-refractivity contribution < 1.29 is 19.1 Å². The maximum atomic E-state index is 12.7. The van der Waals surface area contributed by atoms with Crippen LogP contribution in [0.2, 0.25) is 0 Å². The van der Waals surface area contributed by atoms with Crippen LogP contribution in [-0.4, -0.2) is 24.2 Å². The summed E-state index contributed by atoms with van der Waals surface area (Å²) in [5.74, 6) is 0.456. The predicted octanol–water partition coefficient (Wildman–Crippen LogP) is 4.82. The number of benzene rings is 2. The van der Waals surface area contributed by atoms with Crippen LogP contribution in [0.3, 0.4) is 0 Å². The number of hydrogen-bond donors (Lipinski definition) is 2. The van der Waals surface area contributed by atoms with Crippen LogP contribution in [0.5, 0.6) is 0 Å². The van der Waals surface area contributed by atoms with Gasteiger partial charge in [-0.15, -0.1) is 0 Å². The lowest BCUT2D eigenvalue weighted by atomic mass is 9.77. The smallest absolute Gasteiger partial charge is 0.257 e.